The van der Waals surface area contributed by atoms with Gasteiger partial charge in [-0.25, -0.2) is 4.39 Å². The van der Waals surface area contributed by atoms with Gasteiger partial charge in [-0.2, -0.15) is 0 Å². The van der Waals surface area contributed by atoms with Crippen molar-refractivity contribution in [2.75, 3.05) is 6.54 Å². The fourth-order valence-corrected chi connectivity index (χ4v) is 3.31. The summed E-state index contributed by atoms with van der Waals surface area (Å²) in [7, 11) is 0. The molecule has 1 heterocycles. The minimum absolute atomic E-state index is 0.129. The normalized spacial score (nSPS) is 25.7. The quantitative estimate of drug-likeness (QED) is 0.903. The molecule has 3 atom stereocenters. The van der Waals surface area contributed by atoms with Gasteiger partial charge in [-0.1, -0.05) is 19.1 Å². The third-order valence-corrected chi connectivity index (χ3v) is 4.48. The molecule has 0 bridgehead atoms. The highest BCUT2D eigenvalue weighted by Gasteiger charge is 2.34. The molecule has 0 amide bonds. The van der Waals surface area contributed by atoms with E-state index in [1.807, 2.05) is 12.1 Å². The smallest absolute Gasteiger partial charge is 0.126 e. The van der Waals surface area contributed by atoms with Crippen LogP contribution in [0.1, 0.15) is 50.3 Å². The van der Waals surface area contributed by atoms with Gasteiger partial charge >= 0.3 is 0 Å². The molecule has 1 aromatic carbocycles. The molecule has 0 aromatic heterocycles. The number of nitrogens with zero attached hydrogens (tertiary/aromatic N) is 1. The van der Waals surface area contributed by atoms with Gasteiger partial charge in [0.2, 0.25) is 0 Å². The zero-order valence-corrected chi connectivity index (χ0v) is 12.2. The first kappa shape index (κ1) is 14.5. The van der Waals surface area contributed by atoms with E-state index in [0.29, 0.717) is 24.2 Å². The molecule has 3 heteroatoms. The topological polar surface area (TPSA) is 29.3 Å². The minimum atomic E-state index is -0.129. The lowest BCUT2D eigenvalue weighted by molar-refractivity contribution is 0.136. The zero-order valence-electron chi connectivity index (χ0n) is 12.2. The van der Waals surface area contributed by atoms with Gasteiger partial charge in [-0.15, -0.1) is 0 Å². The van der Waals surface area contributed by atoms with Crippen molar-refractivity contribution in [1.29, 1.82) is 0 Å². The monoisotopic (exact) mass is 264 g/mol. The molecule has 1 fully saturated rings. The Morgan fingerprint density at radius 1 is 1.42 bits per heavy atom. The lowest BCUT2D eigenvalue weighted by Crippen LogP contribution is -2.41. The average Bonchev–Trinajstić information content (AvgIpc) is 2.76. The zero-order chi connectivity index (χ0) is 14.0. The summed E-state index contributed by atoms with van der Waals surface area (Å²) < 4.78 is 13.8. The number of benzene rings is 1. The molecule has 2 N–H and O–H groups in total. The molecule has 106 valence electrons. The van der Waals surface area contributed by atoms with Crippen molar-refractivity contribution in [2.24, 2.45) is 5.73 Å². The van der Waals surface area contributed by atoms with Crippen molar-refractivity contribution in [1.82, 2.24) is 4.90 Å². The maximum absolute atomic E-state index is 13.8. The third kappa shape index (κ3) is 2.82. The van der Waals surface area contributed by atoms with Crippen LogP contribution in [0, 0.1) is 12.7 Å². The highest BCUT2D eigenvalue weighted by atomic mass is 19.1. The Morgan fingerprint density at radius 2 is 2.16 bits per heavy atom. The maximum Gasteiger partial charge on any atom is 0.126 e. The Morgan fingerprint density at radius 3 is 2.74 bits per heavy atom. The van der Waals surface area contributed by atoms with E-state index in [9.17, 15) is 4.39 Å². The van der Waals surface area contributed by atoms with Crippen molar-refractivity contribution < 1.29 is 4.39 Å². The number of rotatable bonds is 4. The number of aryl methyl sites for hydroxylation is 1. The second-order valence-corrected chi connectivity index (χ2v) is 5.70. The van der Waals surface area contributed by atoms with E-state index in [0.717, 1.165) is 12.0 Å². The van der Waals surface area contributed by atoms with Gasteiger partial charge in [0.15, 0.2) is 0 Å². The number of likely N-dealkylation sites (tertiary alicyclic amines) is 1. The Balaban J connectivity index is 2.30. The summed E-state index contributed by atoms with van der Waals surface area (Å²) in [4.78, 5) is 2.49. The van der Waals surface area contributed by atoms with Crippen LogP contribution in [0.2, 0.25) is 0 Å². The molecular formula is C16H25FN2. The fraction of sp³-hybridized carbons (Fsp3) is 0.625. The van der Waals surface area contributed by atoms with Crippen LogP contribution >= 0.6 is 0 Å². The van der Waals surface area contributed by atoms with Gasteiger partial charge in [0.1, 0.15) is 5.82 Å². The minimum Gasteiger partial charge on any atom is -0.329 e. The molecule has 3 unspecified atom stereocenters. The fourth-order valence-electron chi connectivity index (χ4n) is 3.31. The number of hydrogen-bond donors (Lipinski definition) is 1. The van der Waals surface area contributed by atoms with E-state index in [1.54, 1.807) is 13.0 Å². The molecule has 1 aliphatic rings. The Kier molecular flexibility index (Phi) is 4.58. The van der Waals surface area contributed by atoms with Gasteiger partial charge in [-0.05, 0) is 50.3 Å². The highest BCUT2D eigenvalue weighted by molar-refractivity contribution is 5.26. The van der Waals surface area contributed by atoms with Crippen LogP contribution in [-0.4, -0.2) is 23.5 Å². The molecule has 1 aromatic rings. The van der Waals surface area contributed by atoms with Crippen LogP contribution < -0.4 is 5.73 Å². The van der Waals surface area contributed by atoms with Crippen LogP contribution in [0.4, 0.5) is 4.39 Å². The second-order valence-electron chi connectivity index (χ2n) is 5.70. The first-order valence-electron chi connectivity index (χ1n) is 7.32. The third-order valence-electron chi connectivity index (χ3n) is 4.48. The number of hydrogen-bond acceptors (Lipinski definition) is 2. The summed E-state index contributed by atoms with van der Waals surface area (Å²) in [5.74, 6) is -0.129. The molecule has 0 saturated carbocycles. The first-order valence-corrected chi connectivity index (χ1v) is 7.32. The van der Waals surface area contributed by atoms with Crippen molar-refractivity contribution >= 4 is 0 Å². The molecule has 1 aliphatic heterocycles. The van der Waals surface area contributed by atoms with E-state index < -0.39 is 0 Å². The molecule has 0 aliphatic carbocycles. The van der Waals surface area contributed by atoms with E-state index in [1.165, 1.54) is 12.8 Å². The van der Waals surface area contributed by atoms with Gasteiger partial charge in [-0.3, -0.25) is 4.90 Å². The summed E-state index contributed by atoms with van der Waals surface area (Å²) in [6, 6.07) is 6.78. The summed E-state index contributed by atoms with van der Waals surface area (Å²) >= 11 is 0. The first-order chi connectivity index (χ1) is 9.08. The number of halogens is 1. The van der Waals surface area contributed by atoms with Crippen molar-refractivity contribution in [3.05, 3.63) is 35.1 Å². The van der Waals surface area contributed by atoms with Crippen LogP contribution in [-0.2, 0) is 0 Å². The van der Waals surface area contributed by atoms with Gasteiger partial charge < -0.3 is 5.73 Å². The molecular weight excluding hydrogens is 239 g/mol. The molecule has 2 nitrogen and oxygen atoms in total. The van der Waals surface area contributed by atoms with E-state index in [2.05, 4.69) is 18.7 Å². The highest BCUT2D eigenvalue weighted by Crippen LogP contribution is 2.34. The lowest BCUT2D eigenvalue weighted by Gasteiger charge is -2.35. The Bertz CT molecular complexity index is 433. The summed E-state index contributed by atoms with van der Waals surface area (Å²) in [6.45, 7) is 6.81. The van der Waals surface area contributed by atoms with E-state index in [-0.39, 0.29) is 11.9 Å². The second kappa shape index (κ2) is 6.02. The predicted octanol–water partition coefficient (Wildman–Crippen LogP) is 3.40. The summed E-state index contributed by atoms with van der Waals surface area (Å²) in [5, 5.41) is 0. The van der Waals surface area contributed by atoms with Crippen molar-refractivity contribution in [3.63, 3.8) is 0 Å². The predicted molar refractivity (Wildman–Crippen MR) is 77.5 cm³/mol. The SMILES string of the molecule is CCC1CCC(C)N1C(CN)c1ccc(C)c(F)c1. The van der Waals surface area contributed by atoms with Crippen LogP contribution in [0.25, 0.3) is 0 Å². The molecule has 0 spiro atoms. The van der Waals surface area contributed by atoms with Crippen LogP contribution in [0.15, 0.2) is 18.2 Å². The Hall–Kier alpha value is -0.930. The molecule has 0 radical (unpaired) electrons. The molecule has 2 rings (SSSR count). The van der Waals surface area contributed by atoms with E-state index >= 15 is 0 Å². The largest absolute Gasteiger partial charge is 0.329 e. The van der Waals surface area contributed by atoms with Crippen molar-refractivity contribution in [2.45, 2.75) is 58.2 Å². The standard InChI is InChI=1S/C16H25FN2/c1-4-14-8-6-12(3)19(14)16(10-18)13-7-5-11(2)15(17)9-13/h5,7,9,12,14,16H,4,6,8,10,18H2,1-3H3. The lowest BCUT2D eigenvalue weighted by atomic mass is 10.0. The Labute approximate surface area is 115 Å². The van der Waals surface area contributed by atoms with E-state index in [4.69, 9.17) is 5.73 Å². The molecule has 19 heavy (non-hydrogen) atoms. The average molecular weight is 264 g/mol. The van der Waals surface area contributed by atoms with Crippen LogP contribution in [0.5, 0.6) is 0 Å². The molecule has 1 saturated heterocycles. The maximum atomic E-state index is 13.8. The van der Waals surface area contributed by atoms with Crippen LogP contribution in [0.3, 0.4) is 0 Å². The summed E-state index contributed by atoms with van der Waals surface area (Å²) in [6.07, 6.45) is 3.57. The summed E-state index contributed by atoms with van der Waals surface area (Å²) in [5.41, 5.74) is 7.70. The van der Waals surface area contributed by atoms with Gasteiger partial charge in [0.05, 0.1) is 0 Å². The van der Waals surface area contributed by atoms with Gasteiger partial charge in [0, 0.05) is 24.7 Å². The van der Waals surface area contributed by atoms with Gasteiger partial charge in [0.25, 0.3) is 0 Å². The van der Waals surface area contributed by atoms with Crippen molar-refractivity contribution in [3.8, 4) is 0 Å². The number of nitrogens with two attached hydrogens (primary N) is 1.